The molecular formula is C10H16N4. The highest BCUT2D eigenvalue weighted by atomic mass is 15.2. The van der Waals surface area contributed by atoms with Crippen LogP contribution in [0, 0.1) is 0 Å². The summed E-state index contributed by atoms with van der Waals surface area (Å²) in [5.74, 6) is 1.03. The highest BCUT2D eigenvalue weighted by Crippen LogP contribution is 2.20. The molecule has 0 aromatic carbocycles. The van der Waals surface area contributed by atoms with Crippen molar-refractivity contribution in [3.63, 3.8) is 0 Å². The van der Waals surface area contributed by atoms with E-state index < -0.39 is 0 Å². The molecule has 4 heteroatoms. The fourth-order valence-corrected chi connectivity index (χ4v) is 1.89. The molecule has 0 unspecified atom stereocenters. The SMILES string of the molecule is NCc1cncnc1N1CCCCC1. The van der Waals surface area contributed by atoms with E-state index in [1.54, 1.807) is 6.33 Å². The minimum absolute atomic E-state index is 0.521. The maximum absolute atomic E-state index is 5.65. The summed E-state index contributed by atoms with van der Waals surface area (Å²) in [6.45, 7) is 2.72. The largest absolute Gasteiger partial charge is 0.356 e. The lowest BCUT2D eigenvalue weighted by Gasteiger charge is -2.28. The first-order valence-electron chi connectivity index (χ1n) is 5.15. The molecule has 0 bridgehead atoms. The lowest BCUT2D eigenvalue weighted by Crippen LogP contribution is -2.31. The van der Waals surface area contributed by atoms with Crippen molar-refractivity contribution in [2.24, 2.45) is 5.73 Å². The van der Waals surface area contributed by atoms with E-state index in [9.17, 15) is 0 Å². The van der Waals surface area contributed by atoms with Gasteiger partial charge in [-0.2, -0.15) is 0 Å². The van der Waals surface area contributed by atoms with E-state index in [2.05, 4.69) is 14.9 Å². The Labute approximate surface area is 84.2 Å². The monoisotopic (exact) mass is 192 g/mol. The molecular weight excluding hydrogens is 176 g/mol. The van der Waals surface area contributed by atoms with Crippen LogP contribution < -0.4 is 10.6 Å². The summed E-state index contributed by atoms with van der Waals surface area (Å²) in [7, 11) is 0. The van der Waals surface area contributed by atoms with Gasteiger partial charge in [-0.05, 0) is 19.3 Å². The van der Waals surface area contributed by atoms with Gasteiger partial charge in [-0.25, -0.2) is 9.97 Å². The lowest BCUT2D eigenvalue weighted by atomic mass is 10.1. The Hall–Kier alpha value is -1.16. The Morgan fingerprint density at radius 3 is 2.79 bits per heavy atom. The van der Waals surface area contributed by atoms with Crippen LogP contribution in [0.3, 0.4) is 0 Å². The van der Waals surface area contributed by atoms with Crippen LogP contribution in [0.1, 0.15) is 24.8 Å². The smallest absolute Gasteiger partial charge is 0.136 e. The minimum Gasteiger partial charge on any atom is -0.356 e. The van der Waals surface area contributed by atoms with E-state index in [1.807, 2.05) is 6.20 Å². The predicted octanol–water partition coefficient (Wildman–Crippen LogP) is 0.926. The van der Waals surface area contributed by atoms with Gasteiger partial charge in [0.15, 0.2) is 0 Å². The van der Waals surface area contributed by atoms with E-state index in [0.29, 0.717) is 6.54 Å². The third kappa shape index (κ3) is 1.85. The normalized spacial score (nSPS) is 17.1. The van der Waals surface area contributed by atoms with Crippen LogP contribution >= 0.6 is 0 Å². The molecule has 1 aliphatic heterocycles. The zero-order valence-corrected chi connectivity index (χ0v) is 8.32. The van der Waals surface area contributed by atoms with Crippen LogP contribution in [0.2, 0.25) is 0 Å². The zero-order valence-electron chi connectivity index (χ0n) is 8.32. The first-order valence-corrected chi connectivity index (χ1v) is 5.15. The summed E-state index contributed by atoms with van der Waals surface area (Å²) >= 11 is 0. The van der Waals surface area contributed by atoms with Crippen molar-refractivity contribution in [1.29, 1.82) is 0 Å². The zero-order chi connectivity index (χ0) is 9.80. The number of piperidine rings is 1. The summed E-state index contributed by atoms with van der Waals surface area (Å²) in [5.41, 5.74) is 6.70. The molecule has 2 N–H and O–H groups in total. The minimum atomic E-state index is 0.521. The summed E-state index contributed by atoms with van der Waals surface area (Å²) in [4.78, 5) is 10.6. The fourth-order valence-electron chi connectivity index (χ4n) is 1.89. The number of nitrogens with zero attached hydrogens (tertiary/aromatic N) is 3. The summed E-state index contributed by atoms with van der Waals surface area (Å²) < 4.78 is 0. The van der Waals surface area contributed by atoms with Gasteiger partial charge in [0.25, 0.3) is 0 Å². The highest BCUT2D eigenvalue weighted by Gasteiger charge is 2.14. The van der Waals surface area contributed by atoms with Crippen LogP contribution in [0.5, 0.6) is 0 Å². The molecule has 0 spiro atoms. The second-order valence-corrected chi connectivity index (χ2v) is 3.62. The summed E-state index contributed by atoms with van der Waals surface area (Å²) in [5, 5.41) is 0. The molecule has 1 aromatic rings. The van der Waals surface area contributed by atoms with Crippen molar-refractivity contribution in [2.45, 2.75) is 25.8 Å². The van der Waals surface area contributed by atoms with Crippen LogP contribution in [0.25, 0.3) is 0 Å². The number of nitrogens with two attached hydrogens (primary N) is 1. The van der Waals surface area contributed by atoms with Gasteiger partial charge in [0.05, 0.1) is 0 Å². The van der Waals surface area contributed by atoms with E-state index in [4.69, 9.17) is 5.73 Å². The number of hydrogen-bond acceptors (Lipinski definition) is 4. The number of anilines is 1. The average Bonchev–Trinajstić information content (AvgIpc) is 2.30. The predicted molar refractivity (Wildman–Crippen MR) is 56.0 cm³/mol. The third-order valence-electron chi connectivity index (χ3n) is 2.64. The maximum atomic E-state index is 5.65. The van der Waals surface area contributed by atoms with Gasteiger partial charge in [-0.15, -0.1) is 0 Å². The second kappa shape index (κ2) is 4.37. The van der Waals surface area contributed by atoms with Crippen molar-refractivity contribution in [3.8, 4) is 0 Å². The number of aromatic nitrogens is 2. The molecule has 0 aliphatic carbocycles. The van der Waals surface area contributed by atoms with E-state index in [1.165, 1.54) is 19.3 Å². The Bertz CT molecular complexity index is 294. The van der Waals surface area contributed by atoms with Gasteiger partial charge < -0.3 is 10.6 Å². The van der Waals surface area contributed by atoms with Crippen molar-refractivity contribution in [2.75, 3.05) is 18.0 Å². The van der Waals surface area contributed by atoms with Crippen LogP contribution in [0.4, 0.5) is 5.82 Å². The van der Waals surface area contributed by atoms with Crippen molar-refractivity contribution in [1.82, 2.24) is 9.97 Å². The molecule has 2 heterocycles. The average molecular weight is 192 g/mol. The number of rotatable bonds is 2. The summed E-state index contributed by atoms with van der Waals surface area (Å²) in [6.07, 6.45) is 7.27. The first kappa shape index (κ1) is 9.40. The Morgan fingerprint density at radius 2 is 2.07 bits per heavy atom. The van der Waals surface area contributed by atoms with Gasteiger partial charge in [0.1, 0.15) is 12.1 Å². The molecule has 0 radical (unpaired) electrons. The van der Waals surface area contributed by atoms with Gasteiger partial charge in [0, 0.05) is 31.4 Å². The van der Waals surface area contributed by atoms with Crippen molar-refractivity contribution >= 4 is 5.82 Å². The first-order chi connectivity index (χ1) is 6.92. The maximum Gasteiger partial charge on any atom is 0.136 e. The highest BCUT2D eigenvalue weighted by molar-refractivity contribution is 5.45. The van der Waals surface area contributed by atoms with Gasteiger partial charge in [-0.1, -0.05) is 0 Å². The second-order valence-electron chi connectivity index (χ2n) is 3.62. The molecule has 0 atom stereocenters. The van der Waals surface area contributed by atoms with Crippen LogP contribution in [-0.4, -0.2) is 23.1 Å². The third-order valence-corrected chi connectivity index (χ3v) is 2.64. The molecule has 0 amide bonds. The summed E-state index contributed by atoms with van der Waals surface area (Å²) in [6, 6.07) is 0. The Morgan fingerprint density at radius 1 is 1.29 bits per heavy atom. The molecule has 1 aliphatic rings. The molecule has 2 rings (SSSR count). The molecule has 1 fully saturated rings. The lowest BCUT2D eigenvalue weighted by molar-refractivity contribution is 0.571. The van der Waals surface area contributed by atoms with Crippen molar-refractivity contribution < 1.29 is 0 Å². The van der Waals surface area contributed by atoms with Crippen molar-refractivity contribution in [3.05, 3.63) is 18.1 Å². The molecule has 1 saturated heterocycles. The van der Waals surface area contributed by atoms with Crippen LogP contribution in [0.15, 0.2) is 12.5 Å². The quantitative estimate of drug-likeness (QED) is 0.757. The fraction of sp³-hybridized carbons (Fsp3) is 0.600. The van der Waals surface area contributed by atoms with E-state index in [0.717, 1.165) is 24.5 Å². The molecule has 1 aromatic heterocycles. The Balaban J connectivity index is 2.20. The molecule has 14 heavy (non-hydrogen) atoms. The topological polar surface area (TPSA) is 55.0 Å². The van der Waals surface area contributed by atoms with Crippen LogP contribution in [-0.2, 0) is 6.54 Å². The Kier molecular flexibility index (Phi) is 2.93. The van der Waals surface area contributed by atoms with E-state index >= 15 is 0 Å². The standard InChI is InChI=1S/C10H16N4/c11-6-9-7-12-8-13-10(9)14-4-2-1-3-5-14/h7-8H,1-6,11H2. The number of hydrogen-bond donors (Lipinski definition) is 1. The van der Waals surface area contributed by atoms with Gasteiger partial charge >= 0.3 is 0 Å². The molecule has 76 valence electrons. The van der Waals surface area contributed by atoms with E-state index in [-0.39, 0.29) is 0 Å². The molecule has 4 nitrogen and oxygen atoms in total. The molecule has 0 saturated carbocycles. The van der Waals surface area contributed by atoms with Gasteiger partial charge in [-0.3, -0.25) is 0 Å². The van der Waals surface area contributed by atoms with Gasteiger partial charge in [0.2, 0.25) is 0 Å².